The fourth-order valence-electron chi connectivity index (χ4n) is 3.19. The van der Waals surface area contributed by atoms with Crippen LogP contribution in [0, 0.1) is 13.8 Å². The summed E-state index contributed by atoms with van der Waals surface area (Å²) in [6, 6.07) is 9.42. The molecule has 1 aliphatic heterocycles. The maximum Gasteiger partial charge on any atom is 0.251 e. The zero-order chi connectivity index (χ0) is 17.6. The molecule has 0 atom stereocenters. The van der Waals surface area contributed by atoms with Gasteiger partial charge in [0.15, 0.2) is 0 Å². The van der Waals surface area contributed by atoms with Crippen molar-refractivity contribution in [2.24, 2.45) is 0 Å². The summed E-state index contributed by atoms with van der Waals surface area (Å²) < 4.78 is 5.65. The number of nitrogens with one attached hydrogen (secondary N) is 2. The minimum atomic E-state index is -0.140. The molecular weight excluding hydrogens is 316 g/mol. The molecule has 3 aromatic rings. The molecular formula is C20H18N2O3. The Morgan fingerprint density at radius 1 is 1.24 bits per heavy atom. The van der Waals surface area contributed by atoms with Crippen LogP contribution in [0.5, 0.6) is 0 Å². The van der Waals surface area contributed by atoms with Gasteiger partial charge in [-0.25, -0.2) is 0 Å². The molecule has 5 heteroatoms. The summed E-state index contributed by atoms with van der Waals surface area (Å²) in [7, 11) is 0. The Bertz CT molecular complexity index is 1020. The second kappa shape index (κ2) is 5.77. The Morgan fingerprint density at radius 2 is 2.08 bits per heavy atom. The lowest BCUT2D eigenvalue weighted by atomic mass is 10.0. The standard InChI is InChI=1S/C20H18N2O3/c1-11-3-6-16-14(10-25-19(16)12(11)2)7-18(23)22-15-5-4-13-9-21-20(24)17(13)8-15/h3-6,8,10H,7,9H2,1-2H3,(H,21,24)(H,22,23). The van der Waals surface area contributed by atoms with Gasteiger partial charge in [0.1, 0.15) is 5.58 Å². The van der Waals surface area contributed by atoms with Crippen LogP contribution in [-0.2, 0) is 17.8 Å². The molecule has 0 saturated carbocycles. The predicted molar refractivity (Wildman–Crippen MR) is 95.6 cm³/mol. The number of fused-ring (bicyclic) bond motifs is 2. The van der Waals surface area contributed by atoms with Crippen molar-refractivity contribution < 1.29 is 14.0 Å². The Morgan fingerprint density at radius 3 is 2.92 bits per heavy atom. The monoisotopic (exact) mass is 334 g/mol. The first-order chi connectivity index (χ1) is 12.0. The molecule has 2 N–H and O–H groups in total. The molecule has 0 saturated heterocycles. The van der Waals surface area contributed by atoms with Crippen LogP contribution in [0.15, 0.2) is 41.0 Å². The Hall–Kier alpha value is -3.08. The van der Waals surface area contributed by atoms with E-state index in [1.807, 2.05) is 38.1 Å². The van der Waals surface area contributed by atoms with E-state index < -0.39 is 0 Å². The van der Waals surface area contributed by atoms with Gasteiger partial charge >= 0.3 is 0 Å². The van der Waals surface area contributed by atoms with E-state index in [0.29, 0.717) is 17.8 Å². The number of carbonyl (C=O) groups is 2. The third-order valence-corrected chi connectivity index (χ3v) is 4.77. The topological polar surface area (TPSA) is 71.3 Å². The van der Waals surface area contributed by atoms with Gasteiger partial charge in [0.25, 0.3) is 5.91 Å². The van der Waals surface area contributed by atoms with Crippen LogP contribution in [0.1, 0.15) is 32.6 Å². The van der Waals surface area contributed by atoms with Crippen LogP contribution in [0.2, 0.25) is 0 Å². The van der Waals surface area contributed by atoms with Crippen molar-refractivity contribution in [3.8, 4) is 0 Å². The van der Waals surface area contributed by atoms with E-state index in [-0.39, 0.29) is 18.2 Å². The zero-order valence-electron chi connectivity index (χ0n) is 14.1. The van der Waals surface area contributed by atoms with Gasteiger partial charge in [-0.15, -0.1) is 0 Å². The first-order valence-corrected chi connectivity index (χ1v) is 8.20. The summed E-state index contributed by atoms with van der Waals surface area (Å²) in [5.41, 5.74) is 6.14. The number of benzene rings is 2. The van der Waals surface area contributed by atoms with Crippen molar-refractivity contribution in [2.75, 3.05) is 5.32 Å². The highest BCUT2D eigenvalue weighted by Crippen LogP contribution is 2.27. The van der Waals surface area contributed by atoms with Crippen molar-refractivity contribution in [3.63, 3.8) is 0 Å². The molecule has 2 amide bonds. The molecule has 1 aliphatic rings. The van der Waals surface area contributed by atoms with Crippen molar-refractivity contribution in [1.29, 1.82) is 0 Å². The molecule has 0 spiro atoms. The molecule has 0 bridgehead atoms. The maximum atomic E-state index is 12.4. The van der Waals surface area contributed by atoms with E-state index in [1.165, 1.54) is 0 Å². The number of anilines is 1. The third-order valence-electron chi connectivity index (χ3n) is 4.77. The molecule has 1 aromatic heterocycles. The second-order valence-corrected chi connectivity index (χ2v) is 6.42. The second-order valence-electron chi connectivity index (χ2n) is 6.42. The summed E-state index contributed by atoms with van der Waals surface area (Å²) in [6.45, 7) is 4.59. The summed E-state index contributed by atoms with van der Waals surface area (Å²) in [6.07, 6.45) is 1.87. The van der Waals surface area contributed by atoms with E-state index in [0.717, 1.165) is 33.2 Å². The lowest BCUT2D eigenvalue weighted by Crippen LogP contribution is -2.15. The van der Waals surface area contributed by atoms with Crippen molar-refractivity contribution >= 4 is 28.5 Å². The van der Waals surface area contributed by atoms with Crippen molar-refractivity contribution in [2.45, 2.75) is 26.8 Å². The van der Waals surface area contributed by atoms with E-state index in [1.54, 1.807) is 12.3 Å². The third kappa shape index (κ3) is 2.67. The van der Waals surface area contributed by atoms with Crippen LogP contribution in [0.4, 0.5) is 5.69 Å². The zero-order valence-corrected chi connectivity index (χ0v) is 14.1. The number of rotatable bonds is 3. The fraction of sp³-hybridized carbons (Fsp3) is 0.200. The first kappa shape index (κ1) is 15.4. The highest BCUT2D eigenvalue weighted by Gasteiger charge is 2.19. The number of amides is 2. The molecule has 126 valence electrons. The predicted octanol–water partition coefficient (Wildman–Crippen LogP) is 3.47. The van der Waals surface area contributed by atoms with Gasteiger partial charge < -0.3 is 15.1 Å². The summed E-state index contributed by atoms with van der Waals surface area (Å²) >= 11 is 0. The molecule has 0 unspecified atom stereocenters. The lowest BCUT2D eigenvalue weighted by Gasteiger charge is -2.06. The van der Waals surface area contributed by atoms with E-state index in [9.17, 15) is 9.59 Å². The number of furan rings is 1. The highest BCUT2D eigenvalue weighted by molar-refractivity contribution is 6.01. The molecule has 25 heavy (non-hydrogen) atoms. The van der Waals surface area contributed by atoms with Crippen molar-refractivity contribution in [3.05, 3.63) is 64.4 Å². The van der Waals surface area contributed by atoms with Gasteiger partial charge in [0.2, 0.25) is 5.91 Å². The van der Waals surface area contributed by atoms with Crippen LogP contribution in [0.3, 0.4) is 0 Å². The number of hydrogen-bond acceptors (Lipinski definition) is 3. The quantitative estimate of drug-likeness (QED) is 0.770. The van der Waals surface area contributed by atoms with Gasteiger partial charge in [-0.2, -0.15) is 0 Å². The van der Waals surface area contributed by atoms with Gasteiger partial charge in [-0.3, -0.25) is 9.59 Å². The molecule has 5 nitrogen and oxygen atoms in total. The van der Waals surface area contributed by atoms with E-state index in [2.05, 4.69) is 10.6 Å². The minimum Gasteiger partial charge on any atom is -0.464 e. The molecule has 2 heterocycles. The number of carbonyl (C=O) groups excluding carboxylic acids is 2. The maximum absolute atomic E-state index is 12.4. The van der Waals surface area contributed by atoms with Gasteiger partial charge in [-0.05, 0) is 42.7 Å². The summed E-state index contributed by atoms with van der Waals surface area (Å²) in [5, 5.41) is 6.59. The SMILES string of the molecule is Cc1ccc2c(CC(=O)Nc3ccc4c(c3)C(=O)NC4)coc2c1C. The lowest BCUT2D eigenvalue weighted by molar-refractivity contribution is -0.115. The van der Waals surface area contributed by atoms with E-state index in [4.69, 9.17) is 4.42 Å². The average molecular weight is 334 g/mol. The largest absolute Gasteiger partial charge is 0.464 e. The highest BCUT2D eigenvalue weighted by atomic mass is 16.3. The van der Waals surface area contributed by atoms with Crippen LogP contribution < -0.4 is 10.6 Å². The minimum absolute atomic E-state index is 0.0993. The fourth-order valence-corrected chi connectivity index (χ4v) is 3.19. The van der Waals surface area contributed by atoms with Crippen molar-refractivity contribution in [1.82, 2.24) is 5.32 Å². The normalized spacial score (nSPS) is 13.0. The number of hydrogen-bond donors (Lipinski definition) is 2. The molecule has 0 radical (unpaired) electrons. The van der Waals surface area contributed by atoms with Gasteiger partial charge in [0, 0.05) is 28.7 Å². The van der Waals surface area contributed by atoms with Crippen LogP contribution >= 0.6 is 0 Å². The Kier molecular flexibility index (Phi) is 3.57. The van der Waals surface area contributed by atoms with E-state index >= 15 is 0 Å². The summed E-state index contributed by atoms with van der Waals surface area (Å²) in [5.74, 6) is -0.239. The smallest absolute Gasteiger partial charge is 0.251 e. The van der Waals surface area contributed by atoms with Gasteiger partial charge in [-0.1, -0.05) is 18.2 Å². The molecule has 0 fully saturated rings. The van der Waals surface area contributed by atoms with Gasteiger partial charge in [0.05, 0.1) is 12.7 Å². The van der Waals surface area contributed by atoms with Crippen LogP contribution in [0.25, 0.3) is 11.0 Å². The first-order valence-electron chi connectivity index (χ1n) is 8.20. The molecule has 4 rings (SSSR count). The average Bonchev–Trinajstić information content (AvgIpc) is 3.16. The molecule has 2 aromatic carbocycles. The molecule has 0 aliphatic carbocycles. The Labute approximate surface area is 145 Å². The summed E-state index contributed by atoms with van der Waals surface area (Å²) in [4.78, 5) is 24.1. The van der Waals surface area contributed by atoms with Crippen LogP contribution in [-0.4, -0.2) is 11.8 Å². The number of aryl methyl sites for hydroxylation is 2. The Balaban J connectivity index is 1.54.